The molecule has 0 fully saturated rings. The van der Waals surface area contributed by atoms with Crippen LogP contribution in [0.2, 0.25) is 0 Å². The molecule has 2 aromatic carbocycles. The Morgan fingerprint density at radius 2 is 1.85 bits per heavy atom. The molecule has 0 amide bonds. The van der Waals surface area contributed by atoms with E-state index >= 15 is 0 Å². The highest BCUT2D eigenvalue weighted by atomic mass is 32.2. The van der Waals surface area contributed by atoms with E-state index in [1.807, 2.05) is 0 Å². The number of carboxylic acids is 1. The lowest BCUT2D eigenvalue weighted by molar-refractivity contribution is -0.138. The predicted molar refractivity (Wildman–Crippen MR) is 113 cm³/mol. The number of fused-ring (bicyclic) bond motifs is 3. The fourth-order valence-corrected chi connectivity index (χ4v) is 5.63. The van der Waals surface area contributed by atoms with Crippen molar-refractivity contribution in [2.24, 2.45) is 0 Å². The van der Waals surface area contributed by atoms with Gasteiger partial charge in [-0.2, -0.15) is 13.2 Å². The van der Waals surface area contributed by atoms with E-state index in [0.29, 0.717) is 41.5 Å². The summed E-state index contributed by atoms with van der Waals surface area (Å²) in [5.41, 5.74) is 1.22. The van der Waals surface area contributed by atoms with Crippen LogP contribution < -0.4 is 0 Å². The molecule has 1 aromatic heterocycles. The van der Waals surface area contributed by atoms with E-state index in [-0.39, 0.29) is 23.4 Å². The second-order valence-corrected chi connectivity index (χ2v) is 10.4. The number of rotatable bonds is 5. The van der Waals surface area contributed by atoms with Gasteiger partial charge in [0.05, 0.1) is 22.4 Å². The fourth-order valence-electron chi connectivity index (χ4n) is 4.73. The maximum absolute atomic E-state index is 14.4. The average molecular weight is 483 g/mol. The van der Waals surface area contributed by atoms with Gasteiger partial charge in [-0.05, 0) is 54.7 Å². The highest BCUT2D eigenvalue weighted by molar-refractivity contribution is 7.91. The van der Waals surface area contributed by atoms with Crippen LogP contribution in [0.25, 0.3) is 10.9 Å². The zero-order valence-corrected chi connectivity index (χ0v) is 18.4. The van der Waals surface area contributed by atoms with E-state index in [1.165, 1.54) is 18.2 Å². The maximum atomic E-state index is 14.4. The molecule has 1 aliphatic rings. The lowest BCUT2D eigenvalue weighted by Crippen LogP contribution is -2.18. The van der Waals surface area contributed by atoms with Crippen LogP contribution in [0.1, 0.15) is 47.6 Å². The summed E-state index contributed by atoms with van der Waals surface area (Å²) in [6, 6.07) is 6.67. The molecule has 0 saturated heterocycles. The lowest BCUT2D eigenvalue weighted by Gasteiger charge is -2.25. The number of nitrogens with zero attached hydrogens (tertiary/aromatic N) is 1. The molecular formula is C23H21F4NO4S. The Morgan fingerprint density at radius 3 is 2.42 bits per heavy atom. The molecule has 0 spiro atoms. The Kier molecular flexibility index (Phi) is 5.76. The van der Waals surface area contributed by atoms with Crippen LogP contribution >= 0.6 is 0 Å². The fraction of sp³-hybridized carbons (Fsp3) is 0.348. The molecule has 0 bridgehead atoms. The number of alkyl halides is 3. The number of benzene rings is 2. The minimum absolute atomic E-state index is 0.0221. The second-order valence-electron chi connectivity index (χ2n) is 8.40. The number of carbonyl (C=O) groups is 1. The number of aryl methyl sites for hydroxylation is 1. The quantitative estimate of drug-likeness (QED) is 0.510. The highest BCUT2D eigenvalue weighted by Crippen LogP contribution is 2.43. The molecule has 0 aliphatic heterocycles. The minimum atomic E-state index is -4.49. The number of sulfone groups is 1. The Balaban J connectivity index is 1.97. The van der Waals surface area contributed by atoms with Crippen molar-refractivity contribution in [1.29, 1.82) is 0 Å². The number of aromatic nitrogens is 1. The SMILES string of the molecule is CS(=O)(=O)c1cc(F)cc2c3c(n(Cc4ccc(C(F)(F)F)cc4)c12)C(CC(=O)O)CCC3. The number of hydrogen-bond acceptors (Lipinski definition) is 3. The van der Waals surface area contributed by atoms with Crippen LogP contribution in [0.5, 0.6) is 0 Å². The van der Waals surface area contributed by atoms with Gasteiger partial charge in [0.25, 0.3) is 0 Å². The van der Waals surface area contributed by atoms with Crippen molar-refractivity contribution in [1.82, 2.24) is 4.57 Å². The monoisotopic (exact) mass is 483 g/mol. The molecule has 1 N–H and O–H groups in total. The molecule has 10 heteroatoms. The molecule has 176 valence electrons. The molecule has 5 nitrogen and oxygen atoms in total. The van der Waals surface area contributed by atoms with Gasteiger partial charge in [0.2, 0.25) is 0 Å². The average Bonchev–Trinajstić information content (AvgIpc) is 3.00. The first-order valence-electron chi connectivity index (χ1n) is 10.3. The van der Waals surface area contributed by atoms with E-state index in [1.54, 1.807) is 4.57 Å². The summed E-state index contributed by atoms with van der Waals surface area (Å²) in [6.45, 7) is 0.0221. The van der Waals surface area contributed by atoms with Crippen LogP contribution in [0.4, 0.5) is 17.6 Å². The third-order valence-corrected chi connectivity index (χ3v) is 7.15. The van der Waals surface area contributed by atoms with E-state index < -0.39 is 39.3 Å². The van der Waals surface area contributed by atoms with Gasteiger partial charge in [-0.15, -0.1) is 0 Å². The zero-order chi connectivity index (χ0) is 24.1. The number of hydrogen-bond donors (Lipinski definition) is 1. The molecule has 0 radical (unpaired) electrons. The van der Waals surface area contributed by atoms with Gasteiger partial charge in [-0.1, -0.05) is 12.1 Å². The van der Waals surface area contributed by atoms with Crippen molar-refractivity contribution in [2.75, 3.05) is 6.26 Å². The molecule has 0 saturated carbocycles. The molecular weight excluding hydrogens is 462 g/mol. The van der Waals surface area contributed by atoms with Gasteiger partial charge in [0.1, 0.15) is 5.82 Å². The van der Waals surface area contributed by atoms with Crippen molar-refractivity contribution in [3.63, 3.8) is 0 Å². The van der Waals surface area contributed by atoms with Gasteiger partial charge >= 0.3 is 12.1 Å². The van der Waals surface area contributed by atoms with Crippen LogP contribution in [-0.2, 0) is 33.8 Å². The molecule has 1 atom stereocenters. The summed E-state index contributed by atoms with van der Waals surface area (Å²) in [4.78, 5) is 11.3. The van der Waals surface area contributed by atoms with Crippen molar-refractivity contribution in [3.8, 4) is 0 Å². The van der Waals surface area contributed by atoms with Crippen molar-refractivity contribution < 1.29 is 35.9 Å². The lowest BCUT2D eigenvalue weighted by atomic mass is 9.84. The standard InChI is InChI=1S/C23H21F4NO4S/c1-33(31,32)19-11-16(24)10-18-17-4-2-3-14(9-20(29)30)21(17)28(22(18)19)12-13-5-7-15(8-6-13)23(25,26)27/h5-8,10-11,14H,2-4,9,12H2,1H3,(H,29,30). The summed E-state index contributed by atoms with van der Waals surface area (Å²) >= 11 is 0. The third-order valence-electron chi connectivity index (χ3n) is 6.04. The van der Waals surface area contributed by atoms with Crippen molar-refractivity contribution >= 4 is 26.7 Å². The van der Waals surface area contributed by atoms with Crippen LogP contribution in [-0.4, -0.2) is 30.3 Å². The van der Waals surface area contributed by atoms with Gasteiger partial charge in [-0.25, -0.2) is 12.8 Å². The minimum Gasteiger partial charge on any atom is -0.481 e. The van der Waals surface area contributed by atoms with Gasteiger partial charge in [0.15, 0.2) is 9.84 Å². The topological polar surface area (TPSA) is 76.4 Å². The van der Waals surface area contributed by atoms with Gasteiger partial charge in [-0.3, -0.25) is 4.79 Å². The van der Waals surface area contributed by atoms with E-state index in [9.17, 15) is 35.9 Å². The Bertz CT molecular complexity index is 1340. The first kappa shape index (κ1) is 23.3. The van der Waals surface area contributed by atoms with Gasteiger partial charge in [0, 0.05) is 29.8 Å². The van der Waals surface area contributed by atoms with E-state index in [4.69, 9.17) is 0 Å². The second kappa shape index (κ2) is 8.16. The summed E-state index contributed by atoms with van der Waals surface area (Å²) in [5, 5.41) is 9.81. The molecule has 1 unspecified atom stereocenters. The van der Waals surface area contributed by atoms with Crippen LogP contribution in [0.15, 0.2) is 41.3 Å². The molecule has 33 heavy (non-hydrogen) atoms. The van der Waals surface area contributed by atoms with Crippen LogP contribution in [0.3, 0.4) is 0 Å². The zero-order valence-electron chi connectivity index (χ0n) is 17.6. The van der Waals surface area contributed by atoms with E-state index in [2.05, 4.69) is 0 Å². The highest BCUT2D eigenvalue weighted by Gasteiger charge is 2.33. The largest absolute Gasteiger partial charge is 0.481 e. The van der Waals surface area contributed by atoms with Crippen LogP contribution in [0, 0.1) is 5.82 Å². The normalized spacial score (nSPS) is 16.7. The van der Waals surface area contributed by atoms with Gasteiger partial charge < -0.3 is 9.67 Å². The van der Waals surface area contributed by atoms with Crippen molar-refractivity contribution in [3.05, 3.63) is 64.6 Å². The smallest absolute Gasteiger partial charge is 0.416 e. The Labute approximate surface area is 187 Å². The molecule has 1 heterocycles. The molecule has 1 aliphatic carbocycles. The number of aliphatic carboxylic acids is 1. The van der Waals surface area contributed by atoms with E-state index in [0.717, 1.165) is 24.5 Å². The molecule has 3 aromatic rings. The summed E-state index contributed by atoms with van der Waals surface area (Å²) in [5.74, 6) is -2.17. The summed E-state index contributed by atoms with van der Waals surface area (Å²) < 4.78 is 80.0. The first-order chi connectivity index (χ1) is 15.4. The Morgan fingerprint density at radius 1 is 1.18 bits per heavy atom. The Hall–Kier alpha value is -2.88. The summed E-state index contributed by atoms with van der Waals surface area (Å²) in [7, 11) is -3.86. The predicted octanol–water partition coefficient (Wildman–Crippen LogP) is 5.15. The summed E-state index contributed by atoms with van der Waals surface area (Å²) in [6.07, 6.45) is -1.98. The number of halogens is 4. The molecule has 4 rings (SSSR count). The first-order valence-corrected chi connectivity index (χ1v) is 12.2. The third kappa shape index (κ3) is 4.48. The van der Waals surface area contributed by atoms with Crippen molar-refractivity contribution in [2.45, 2.75) is 49.2 Å². The number of carboxylic acid groups (broad SMARTS) is 1. The maximum Gasteiger partial charge on any atom is 0.416 e.